The quantitative estimate of drug-likeness (QED) is 0.671. The third-order valence-corrected chi connectivity index (χ3v) is 1.49. The van der Waals surface area contributed by atoms with Crippen LogP contribution >= 0.6 is 0 Å². The average molecular weight is 188 g/mol. The summed E-state index contributed by atoms with van der Waals surface area (Å²) < 4.78 is 24.3. The fraction of sp³-hybridized carbons (Fsp3) is 0.143. The summed E-state index contributed by atoms with van der Waals surface area (Å²) in [6.45, 7) is 0. The van der Waals surface area contributed by atoms with Gasteiger partial charge >= 0.3 is 0 Å². The van der Waals surface area contributed by atoms with Crippen LogP contribution in [-0.4, -0.2) is 11.3 Å². The van der Waals surface area contributed by atoms with Gasteiger partial charge in [0, 0.05) is 11.6 Å². The maximum atomic E-state index is 12.2. The molecule has 1 aromatic rings. The largest absolute Gasteiger partial charge is 0.397 e. The Bertz CT molecular complexity index is 387. The Labute approximate surface area is 71.4 Å². The standard InChI is InChI=1S/C7H6F2N2O2/c8-7(9)6-5(10)3(2-12)1-4(13)11-6/h1-2,7H,10H2,(H,11,13). The van der Waals surface area contributed by atoms with E-state index in [4.69, 9.17) is 5.73 Å². The van der Waals surface area contributed by atoms with E-state index in [0.29, 0.717) is 0 Å². The molecule has 0 radical (unpaired) electrons. The van der Waals surface area contributed by atoms with Crippen LogP contribution in [0.3, 0.4) is 0 Å². The van der Waals surface area contributed by atoms with Gasteiger partial charge in [-0.25, -0.2) is 8.78 Å². The first-order chi connectivity index (χ1) is 6.06. The molecule has 4 nitrogen and oxygen atoms in total. The number of nitrogens with two attached hydrogens (primary N) is 1. The molecule has 1 rings (SSSR count). The van der Waals surface area contributed by atoms with E-state index in [-0.39, 0.29) is 17.5 Å². The van der Waals surface area contributed by atoms with Gasteiger partial charge in [0.05, 0.1) is 5.69 Å². The van der Waals surface area contributed by atoms with Crippen LogP contribution in [0.1, 0.15) is 22.5 Å². The molecule has 0 unspecified atom stereocenters. The Morgan fingerprint density at radius 3 is 2.62 bits per heavy atom. The third-order valence-electron chi connectivity index (χ3n) is 1.49. The van der Waals surface area contributed by atoms with Crippen LogP contribution in [0.15, 0.2) is 10.9 Å². The van der Waals surface area contributed by atoms with E-state index < -0.39 is 17.7 Å². The van der Waals surface area contributed by atoms with Crippen LogP contribution < -0.4 is 11.3 Å². The van der Waals surface area contributed by atoms with Crippen LogP contribution in [0.2, 0.25) is 0 Å². The van der Waals surface area contributed by atoms with Crippen molar-refractivity contribution in [1.29, 1.82) is 0 Å². The molecule has 0 aliphatic carbocycles. The van der Waals surface area contributed by atoms with Gasteiger partial charge in [-0.3, -0.25) is 9.59 Å². The molecule has 6 heteroatoms. The minimum Gasteiger partial charge on any atom is -0.397 e. The van der Waals surface area contributed by atoms with E-state index in [1.54, 1.807) is 0 Å². The third kappa shape index (κ3) is 1.71. The Hall–Kier alpha value is -1.72. The molecule has 0 aromatic carbocycles. The van der Waals surface area contributed by atoms with Crippen molar-refractivity contribution in [2.45, 2.75) is 6.43 Å². The number of carbonyl (C=O) groups is 1. The van der Waals surface area contributed by atoms with E-state index in [9.17, 15) is 18.4 Å². The van der Waals surface area contributed by atoms with Gasteiger partial charge in [-0.15, -0.1) is 0 Å². The molecule has 70 valence electrons. The van der Waals surface area contributed by atoms with Gasteiger partial charge in [0.2, 0.25) is 5.56 Å². The van der Waals surface area contributed by atoms with Gasteiger partial charge < -0.3 is 10.7 Å². The summed E-state index contributed by atoms with van der Waals surface area (Å²) >= 11 is 0. The lowest BCUT2D eigenvalue weighted by atomic mass is 10.2. The van der Waals surface area contributed by atoms with Gasteiger partial charge in [-0.1, -0.05) is 0 Å². The number of hydrogen-bond donors (Lipinski definition) is 2. The number of aromatic nitrogens is 1. The van der Waals surface area contributed by atoms with E-state index in [0.717, 1.165) is 6.07 Å². The van der Waals surface area contributed by atoms with Crippen molar-refractivity contribution in [2.24, 2.45) is 0 Å². The van der Waals surface area contributed by atoms with Crippen LogP contribution in [0.5, 0.6) is 0 Å². The SMILES string of the molecule is Nc1c(C=O)cc(=O)[nH]c1C(F)F. The molecule has 0 aliphatic rings. The maximum absolute atomic E-state index is 12.2. The predicted octanol–water partition coefficient (Wildman–Crippen LogP) is 0.707. The van der Waals surface area contributed by atoms with Crippen LogP contribution in [0.25, 0.3) is 0 Å². The zero-order chi connectivity index (χ0) is 10.0. The van der Waals surface area contributed by atoms with Crippen LogP contribution in [-0.2, 0) is 0 Å². The number of rotatable bonds is 2. The van der Waals surface area contributed by atoms with Gasteiger partial charge in [-0.2, -0.15) is 0 Å². The van der Waals surface area contributed by atoms with E-state index >= 15 is 0 Å². The lowest BCUT2D eigenvalue weighted by Crippen LogP contribution is -2.13. The average Bonchev–Trinajstić information content (AvgIpc) is 2.08. The van der Waals surface area contributed by atoms with E-state index in [2.05, 4.69) is 0 Å². The summed E-state index contributed by atoms with van der Waals surface area (Å²) in [5.74, 6) is 0. The highest BCUT2D eigenvalue weighted by atomic mass is 19.3. The number of pyridine rings is 1. The summed E-state index contributed by atoms with van der Waals surface area (Å²) in [4.78, 5) is 22.9. The lowest BCUT2D eigenvalue weighted by molar-refractivity contribution is 0.112. The first kappa shape index (κ1) is 9.37. The summed E-state index contributed by atoms with van der Waals surface area (Å²) in [6.07, 6.45) is -2.64. The number of aromatic amines is 1. The number of H-pyrrole nitrogens is 1. The summed E-state index contributed by atoms with van der Waals surface area (Å²) in [5, 5.41) is 0. The van der Waals surface area contributed by atoms with Gasteiger partial charge in [0.15, 0.2) is 6.29 Å². The first-order valence-corrected chi connectivity index (χ1v) is 3.32. The Morgan fingerprint density at radius 2 is 2.15 bits per heavy atom. The number of halogens is 2. The molecule has 0 aliphatic heterocycles. The maximum Gasteiger partial charge on any atom is 0.280 e. The van der Waals surface area contributed by atoms with Crippen LogP contribution in [0.4, 0.5) is 14.5 Å². The monoisotopic (exact) mass is 188 g/mol. The predicted molar refractivity (Wildman–Crippen MR) is 41.8 cm³/mol. The topological polar surface area (TPSA) is 76.0 Å². The van der Waals surface area contributed by atoms with Crippen molar-refractivity contribution in [3.8, 4) is 0 Å². The second-order valence-electron chi connectivity index (χ2n) is 2.33. The molecule has 13 heavy (non-hydrogen) atoms. The molecule has 0 fully saturated rings. The van der Waals surface area contributed by atoms with Crippen molar-refractivity contribution in [3.63, 3.8) is 0 Å². The summed E-state index contributed by atoms with van der Waals surface area (Å²) in [6, 6.07) is 0.869. The van der Waals surface area contributed by atoms with Crippen molar-refractivity contribution in [1.82, 2.24) is 4.98 Å². The highest BCUT2D eigenvalue weighted by Crippen LogP contribution is 2.22. The van der Waals surface area contributed by atoms with E-state index in [1.165, 1.54) is 0 Å². The molecule has 3 N–H and O–H groups in total. The molecular formula is C7H6F2N2O2. The Kier molecular flexibility index (Phi) is 2.41. The molecule has 0 amide bonds. The minimum atomic E-state index is -2.90. The molecular weight excluding hydrogens is 182 g/mol. The van der Waals surface area contributed by atoms with Gasteiger partial charge in [0.1, 0.15) is 5.69 Å². The summed E-state index contributed by atoms with van der Waals surface area (Å²) in [7, 11) is 0. The molecule has 0 spiro atoms. The fourth-order valence-electron chi connectivity index (χ4n) is 0.880. The Balaban J connectivity index is 3.44. The second-order valence-corrected chi connectivity index (χ2v) is 2.33. The minimum absolute atomic E-state index is 0.223. The normalized spacial score (nSPS) is 10.4. The number of anilines is 1. The molecule has 0 saturated heterocycles. The Morgan fingerprint density at radius 1 is 1.54 bits per heavy atom. The smallest absolute Gasteiger partial charge is 0.280 e. The number of nitrogen functional groups attached to an aromatic ring is 1. The highest BCUT2D eigenvalue weighted by Gasteiger charge is 2.15. The number of alkyl halides is 2. The highest BCUT2D eigenvalue weighted by molar-refractivity contribution is 5.83. The molecule has 0 atom stereocenters. The zero-order valence-electron chi connectivity index (χ0n) is 6.38. The zero-order valence-corrected chi connectivity index (χ0v) is 6.38. The molecule has 1 heterocycles. The van der Waals surface area contributed by atoms with Gasteiger partial charge in [-0.05, 0) is 0 Å². The van der Waals surface area contributed by atoms with Crippen molar-refractivity contribution in [3.05, 3.63) is 27.7 Å². The van der Waals surface area contributed by atoms with Crippen molar-refractivity contribution >= 4 is 12.0 Å². The second kappa shape index (κ2) is 3.34. The lowest BCUT2D eigenvalue weighted by Gasteiger charge is -2.04. The molecule has 1 aromatic heterocycles. The van der Waals surface area contributed by atoms with Crippen molar-refractivity contribution in [2.75, 3.05) is 5.73 Å². The fourth-order valence-corrected chi connectivity index (χ4v) is 0.880. The van der Waals surface area contributed by atoms with Gasteiger partial charge in [0.25, 0.3) is 6.43 Å². The molecule has 0 saturated carbocycles. The number of nitrogens with one attached hydrogen (secondary N) is 1. The summed E-state index contributed by atoms with van der Waals surface area (Å²) in [5.41, 5.74) is 3.09. The van der Waals surface area contributed by atoms with Crippen molar-refractivity contribution < 1.29 is 13.6 Å². The van der Waals surface area contributed by atoms with Crippen LogP contribution in [0, 0.1) is 0 Å². The number of aldehydes is 1. The first-order valence-electron chi connectivity index (χ1n) is 3.32. The van der Waals surface area contributed by atoms with E-state index in [1.807, 2.05) is 4.98 Å². The number of carbonyl (C=O) groups excluding carboxylic acids is 1. The number of hydrogen-bond acceptors (Lipinski definition) is 3. The molecule has 0 bridgehead atoms.